The SMILES string of the molecule is O=C(CN1CCN(CC=Cc2ccccc2)CC1)N1CCc2ccccc2C1. The maximum absolute atomic E-state index is 12.7. The van der Waals surface area contributed by atoms with Crippen LogP contribution in [0.25, 0.3) is 6.08 Å². The van der Waals surface area contributed by atoms with Crippen LogP contribution in [0.1, 0.15) is 16.7 Å². The molecule has 0 aliphatic carbocycles. The van der Waals surface area contributed by atoms with Crippen LogP contribution in [-0.2, 0) is 17.8 Å². The van der Waals surface area contributed by atoms with E-state index in [1.165, 1.54) is 16.7 Å². The van der Waals surface area contributed by atoms with E-state index in [9.17, 15) is 4.79 Å². The van der Waals surface area contributed by atoms with Crippen molar-refractivity contribution >= 4 is 12.0 Å². The molecule has 0 bridgehead atoms. The van der Waals surface area contributed by atoms with Gasteiger partial charge in [-0.25, -0.2) is 0 Å². The Morgan fingerprint density at radius 1 is 0.821 bits per heavy atom. The van der Waals surface area contributed by atoms with E-state index in [4.69, 9.17) is 0 Å². The van der Waals surface area contributed by atoms with Crippen LogP contribution in [0.3, 0.4) is 0 Å². The zero-order valence-corrected chi connectivity index (χ0v) is 16.5. The van der Waals surface area contributed by atoms with E-state index < -0.39 is 0 Å². The summed E-state index contributed by atoms with van der Waals surface area (Å²) in [6, 6.07) is 18.9. The predicted molar refractivity (Wildman–Crippen MR) is 114 cm³/mol. The summed E-state index contributed by atoms with van der Waals surface area (Å²) >= 11 is 0. The van der Waals surface area contributed by atoms with Crippen molar-refractivity contribution in [1.82, 2.24) is 14.7 Å². The quantitative estimate of drug-likeness (QED) is 0.804. The second-order valence-corrected chi connectivity index (χ2v) is 7.72. The molecule has 0 saturated carbocycles. The molecule has 28 heavy (non-hydrogen) atoms. The van der Waals surface area contributed by atoms with E-state index in [1.807, 2.05) is 11.0 Å². The molecule has 0 unspecified atom stereocenters. The number of nitrogens with zero attached hydrogens (tertiary/aromatic N) is 3. The van der Waals surface area contributed by atoms with E-state index in [0.29, 0.717) is 6.54 Å². The summed E-state index contributed by atoms with van der Waals surface area (Å²) in [5, 5.41) is 0. The van der Waals surface area contributed by atoms with Crippen LogP contribution in [0.15, 0.2) is 60.7 Å². The Morgan fingerprint density at radius 2 is 1.50 bits per heavy atom. The van der Waals surface area contributed by atoms with Gasteiger partial charge < -0.3 is 4.90 Å². The van der Waals surface area contributed by atoms with Crippen molar-refractivity contribution in [1.29, 1.82) is 0 Å². The molecule has 4 nitrogen and oxygen atoms in total. The lowest BCUT2D eigenvalue weighted by Gasteiger charge is -2.36. The van der Waals surface area contributed by atoms with E-state index in [-0.39, 0.29) is 5.91 Å². The average Bonchev–Trinajstić information content (AvgIpc) is 2.75. The van der Waals surface area contributed by atoms with Gasteiger partial charge in [-0.1, -0.05) is 66.7 Å². The van der Waals surface area contributed by atoms with Crippen molar-refractivity contribution in [2.45, 2.75) is 13.0 Å². The monoisotopic (exact) mass is 375 g/mol. The molecule has 0 radical (unpaired) electrons. The predicted octanol–water partition coefficient (Wildman–Crippen LogP) is 2.90. The molecule has 2 aliphatic heterocycles. The van der Waals surface area contributed by atoms with Crippen LogP contribution in [0.2, 0.25) is 0 Å². The van der Waals surface area contributed by atoms with Gasteiger partial charge in [-0.3, -0.25) is 14.6 Å². The van der Waals surface area contributed by atoms with Crippen molar-refractivity contribution in [2.24, 2.45) is 0 Å². The minimum atomic E-state index is 0.270. The summed E-state index contributed by atoms with van der Waals surface area (Å²) in [7, 11) is 0. The smallest absolute Gasteiger partial charge is 0.237 e. The summed E-state index contributed by atoms with van der Waals surface area (Å²) in [4.78, 5) is 19.5. The van der Waals surface area contributed by atoms with E-state index in [0.717, 1.165) is 52.2 Å². The van der Waals surface area contributed by atoms with Gasteiger partial charge in [0.2, 0.25) is 5.91 Å². The number of hydrogen-bond acceptors (Lipinski definition) is 3. The van der Waals surface area contributed by atoms with Crippen LogP contribution < -0.4 is 0 Å². The number of carbonyl (C=O) groups is 1. The van der Waals surface area contributed by atoms with Crippen molar-refractivity contribution < 1.29 is 4.79 Å². The molecular formula is C24H29N3O. The maximum Gasteiger partial charge on any atom is 0.237 e. The molecule has 1 fully saturated rings. The first-order valence-electron chi connectivity index (χ1n) is 10.3. The fourth-order valence-electron chi connectivity index (χ4n) is 4.03. The Labute approximate surface area is 168 Å². The highest BCUT2D eigenvalue weighted by molar-refractivity contribution is 5.78. The number of piperazine rings is 1. The first-order chi connectivity index (χ1) is 13.8. The van der Waals surface area contributed by atoms with Gasteiger partial charge in [-0.05, 0) is 23.1 Å². The molecule has 0 N–H and O–H groups in total. The Kier molecular flexibility index (Phi) is 6.20. The highest BCUT2D eigenvalue weighted by Gasteiger charge is 2.24. The third-order valence-corrected chi connectivity index (χ3v) is 5.78. The van der Waals surface area contributed by atoms with Gasteiger partial charge in [-0.15, -0.1) is 0 Å². The third kappa shape index (κ3) is 4.89. The van der Waals surface area contributed by atoms with Crippen LogP contribution in [0, 0.1) is 0 Å². The van der Waals surface area contributed by atoms with Crippen LogP contribution in [-0.4, -0.2) is 66.4 Å². The number of benzene rings is 2. The molecular weight excluding hydrogens is 346 g/mol. The second-order valence-electron chi connectivity index (χ2n) is 7.72. The average molecular weight is 376 g/mol. The highest BCUT2D eigenvalue weighted by atomic mass is 16.2. The number of carbonyl (C=O) groups excluding carboxylic acids is 1. The fourth-order valence-corrected chi connectivity index (χ4v) is 4.03. The largest absolute Gasteiger partial charge is 0.337 e. The first kappa shape index (κ1) is 18.9. The molecule has 4 rings (SSSR count). The summed E-state index contributed by atoms with van der Waals surface area (Å²) < 4.78 is 0. The molecule has 0 atom stereocenters. The molecule has 2 aromatic rings. The molecule has 2 aliphatic rings. The van der Waals surface area contributed by atoms with E-state index in [2.05, 4.69) is 70.5 Å². The number of hydrogen-bond donors (Lipinski definition) is 0. The summed E-state index contributed by atoms with van der Waals surface area (Å²) in [6.45, 7) is 7.12. The lowest BCUT2D eigenvalue weighted by molar-refractivity contribution is -0.133. The van der Waals surface area contributed by atoms with Gasteiger partial charge in [0.1, 0.15) is 0 Å². The van der Waals surface area contributed by atoms with Crippen LogP contribution in [0.4, 0.5) is 0 Å². The maximum atomic E-state index is 12.7. The number of fused-ring (bicyclic) bond motifs is 1. The lowest BCUT2D eigenvalue weighted by atomic mass is 10.00. The second kappa shape index (κ2) is 9.18. The fraction of sp³-hybridized carbons (Fsp3) is 0.375. The Bertz CT molecular complexity index is 810. The summed E-state index contributed by atoms with van der Waals surface area (Å²) in [5.41, 5.74) is 3.94. The molecule has 2 heterocycles. The van der Waals surface area contributed by atoms with Gasteiger partial charge >= 0.3 is 0 Å². The topological polar surface area (TPSA) is 26.8 Å². The number of amides is 1. The standard InChI is InChI=1S/C24H29N3O/c28-24(27-14-12-22-10-4-5-11-23(22)19-27)20-26-17-15-25(16-18-26)13-6-9-21-7-2-1-3-8-21/h1-11H,12-20H2. The van der Waals surface area contributed by atoms with Crippen molar-refractivity contribution in [3.8, 4) is 0 Å². The van der Waals surface area contributed by atoms with Gasteiger partial charge in [0.25, 0.3) is 0 Å². The Morgan fingerprint density at radius 3 is 2.29 bits per heavy atom. The van der Waals surface area contributed by atoms with Crippen LogP contribution >= 0.6 is 0 Å². The molecule has 4 heteroatoms. The van der Waals surface area contributed by atoms with Gasteiger partial charge in [0.15, 0.2) is 0 Å². The van der Waals surface area contributed by atoms with Gasteiger partial charge in [0, 0.05) is 45.8 Å². The molecule has 146 valence electrons. The Hall–Kier alpha value is -2.43. The minimum Gasteiger partial charge on any atom is -0.337 e. The van der Waals surface area contributed by atoms with Crippen molar-refractivity contribution in [3.63, 3.8) is 0 Å². The molecule has 1 amide bonds. The normalized spacial score (nSPS) is 18.4. The molecule has 1 saturated heterocycles. The Balaban J connectivity index is 1.20. The van der Waals surface area contributed by atoms with Crippen molar-refractivity contribution in [3.05, 3.63) is 77.4 Å². The van der Waals surface area contributed by atoms with Crippen molar-refractivity contribution in [2.75, 3.05) is 45.8 Å². The lowest BCUT2D eigenvalue weighted by Crippen LogP contribution is -2.50. The first-order valence-corrected chi connectivity index (χ1v) is 10.3. The summed E-state index contributed by atoms with van der Waals surface area (Å²) in [5.74, 6) is 0.270. The minimum absolute atomic E-state index is 0.270. The molecule has 2 aromatic carbocycles. The van der Waals surface area contributed by atoms with Gasteiger partial charge in [-0.2, -0.15) is 0 Å². The zero-order valence-electron chi connectivity index (χ0n) is 16.5. The zero-order chi connectivity index (χ0) is 19.2. The summed E-state index contributed by atoms with van der Waals surface area (Å²) in [6.07, 6.45) is 5.40. The van der Waals surface area contributed by atoms with Crippen LogP contribution in [0.5, 0.6) is 0 Å². The molecule has 0 spiro atoms. The highest BCUT2D eigenvalue weighted by Crippen LogP contribution is 2.18. The van der Waals surface area contributed by atoms with E-state index >= 15 is 0 Å². The number of rotatable bonds is 5. The third-order valence-electron chi connectivity index (χ3n) is 5.78. The molecule has 0 aromatic heterocycles. The van der Waals surface area contributed by atoms with Gasteiger partial charge in [0.05, 0.1) is 6.54 Å². The van der Waals surface area contributed by atoms with E-state index in [1.54, 1.807) is 0 Å².